The van der Waals surface area contributed by atoms with E-state index in [9.17, 15) is 0 Å². The largest absolute Gasteiger partial charge is 0.308 e. The molecule has 1 saturated carbocycles. The van der Waals surface area contributed by atoms with Crippen LogP contribution in [0.5, 0.6) is 0 Å². The summed E-state index contributed by atoms with van der Waals surface area (Å²) >= 11 is 0. The van der Waals surface area contributed by atoms with Gasteiger partial charge in [-0.25, -0.2) is 9.97 Å². The molecule has 17 heavy (non-hydrogen) atoms. The molecule has 1 N–H and O–H groups in total. The van der Waals surface area contributed by atoms with Gasteiger partial charge in [0.1, 0.15) is 5.82 Å². The number of nitrogens with one attached hydrogen (secondary N) is 1. The van der Waals surface area contributed by atoms with E-state index >= 15 is 0 Å². The van der Waals surface area contributed by atoms with Crippen molar-refractivity contribution in [3.63, 3.8) is 0 Å². The van der Waals surface area contributed by atoms with Gasteiger partial charge in [0.05, 0.1) is 5.69 Å². The normalized spacial score (nSPS) is 16.2. The van der Waals surface area contributed by atoms with E-state index < -0.39 is 0 Å². The minimum atomic E-state index is 0.245. The molecular weight excluding hydrogens is 210 g/mol. The summed E-state index contributed by atoms with van der Waals surface area (Å²) in [6.45, 7) is 9.60. The van der Waals surface area contributed by atoms with Crippen LogP contribution in [0, 0.1) is 12.3 Å². The molecule has 0 aromatic carbocycles. The van der Waals surface area contributed by atoms with Gasteiger partial charge < -0.3 is 5.32 Å². The van der Waals surface area contributed by atoms with Gasteiger partial charge in [-0.1, -0.05) is 20.8 Å². The number of nitrogens with zero attached hydrogens (tertiary/aromatic N) is 2. The van der Waals surface area contributed by atoms with Crippen molar-refractivity contribution in [3.8, 4) is 0 Å². The lowest BCUT2D eigenvalue weighted by atomic mass is 9.92. The maximum absolute atomic E-state index is 4.65. The van der Waals surface area contributed by atoms with Gasteiger partial charge >= 0.3 is 0 Å². The predicted molar refractivity (Wildman–Crippen MR) is 69.8 cm³/mol. The lowest BCUT2D eigenvalue weighted by Crippen LogP contribution is -2.18. The second-order valence-corrected chi connectivity index (χ2v) is 6.31. The molecule has 3 heteroatoms. The fourth-order valence-corrected chi connectivity index (χ4v) is 1.88. The second-order valence-electron chi connectivity index (χ2n) is 6.31. The molecule has 0 radical (unpaired) electrons. The van der Waals surface area contributed by atoms with Gasteiger partial charge in [0.25, 0.3) is 0 Å². The van der Waals surface area contributed by atoms with E-state index in [4.69, 9.17) is 0 Å². The summed E-state index contributed by atoms with van der Waals surface area (Å²) in [6, 6.07) is 2.82. The molecule has 1 fully saturated rings. The zero-order valence-corrected chi connectivity index (χ0v) is 11.4. The maximum Gasteiger partial charge on any atom is 0.129 e. The van der Waals surface area contributed by atoms with Crippen LogP contribution >= 0.6 is 0 Å². The first kappa shape index (κ1) is 12.5. The highest BCUT2D eigenvalue weighted by Crippen LogP contribution is 2.20. The molecule has 3 nitrogen and oxygen atoms in total. The van der Waals surface area contributed by atoms with Gasteiger partial charge in [-0.05, 0) is 31.2 Å². The molecule has 2 rings (SSSR count). The average Bonchev–Trinajstić information content (AvgIpc) is 2.94. The lowest BCUT2D eigenvalue weighted by molar-refractivity contribution is 0.399. The average molecular weight is 233 g/mol. The molecule has 1 aromatic heterocycles. The van der Waals surface area contributed by atoms with Crippen LogP contribution in [0.3, 0.4) is 0 Å². The molecule has 0 aliphatic heterocycles. The topological polar surface area (TPSA) is 37.8 Å². The molecule has 1 aliphatic carbocycles. The van der Waals surface area contributed by atoms with Gasteiger partial charge in [0, 0.05) is 24.7 Å². The molecule has 0 atom stereocenters. The van der Waals surface area contributed by atoms with Crippen molar-refractivity contribution >= 4 is 0 Å². The maximum atomic E-state index is 4.65. The molecule has 1 aromatic rings. The minimum Gasteiger partial charge on any atom is -0.308 e. The standard InChI is InChI=1S/C14H23N3/c1-10-7-12(9-15-11-5-6-11)17-13(16-10)8-14(2,3)4/h7,11,15H,5-6,8-9H2,1-4H3. The zero-order valence-electron chi connectivity index (χ0n) is 11.4. The summed E-state index contributed by atoms with van der Waals surface area (Å²) in [5, 5.41) is 3.50. The first-order chi connectivity index (χ1) is 7.92. The van der Waals surface area contributed by atoms with Crippen LogP contribution in [-0.2, 0) is 13.0 Å². The SMILES string of the molecule is Cc1cc(CNC2CC2)nc(CC(C)(C)C)n1. The first-order valence-electron chi connectivity index (χ1n) is 6.49. The van der Waals surface area contributed by atoms with Crippen molar-refractivity contribution in [2.75, 3.05) is 0 Å². The molecule has 0 amide bonds. The minimum absolute atomic E-state index is 0.245. The number of aryl methyl sites for hydroxylation is 1. The summed E-state index contributed by atoms with van der Waals surface area (Å²) in [5.41, 5.74) is 2.45. The Morgan fingerprint density at radius 1 is 1.29 bits per heavy atom. The highest BCUT2D eigenvalue weighted by Gasteiger charge is 2.20. The van der Waals surface area contributed by atoms with E-state index in [0.29, 0.717) is 0 Å². The number of hydrogen-bond acceptors (Lipinski definition) is 3. The monoisotopic (exact) mass is 233 g/mol. The summed E-state index contributed by atoms with van der Waals surface area (Å²) in [4.78, 5) is 9.17. The van der Waals surface area contributed by atoms with Crippen LogP contribution in [-0.4, -0.2) is 16.0 Å². The molecule has 1 aliphatic rings. The van der Waals surface area contributed by atoms with Gasteiger partial charge in [0.2, 0.25) is 0 Å². The van der Waals surface area contributed by atoms with E-state index in [1.54, 1.807) is 0 Å². The third-order valence-corrected chi connectivity index (χ3v) is 2.79. The molecule has 1 heterocycles. The second kappa shape index (κ2) is 4.73. The highest BCUT2D eigenvalue weighted by atomic mass is 15.0. The Morgan fingerprint density at radius 2 is 2.00 bits per heavy atom. The van der Waals surface area contributed by atoms with E-state index in [2.05, 4.69) is 49.0 Å². The van der Waals surface area contributed by atoms with E-state index in [1.165, 1.54) is 12.8 Å². The van der Waals surface area contributed by atoms with Crippen molar-refractivity contribution in [2.45, 2.75) is 59.5 Å². The number of rotatable bonds is 4. The van der Waals surface area contributed by atoms with Crippen LogP contribution in [0.2, 0.25) is 0 Å². The van der Waals surface area contributed by atoms with E-state index in [-0.39, 0.29) is 5.41 Å². The molecule has 0 spiro atoms. The third-order valence-electron chi connectivity index (χ3n) is 2.79. The van der Waals surface area contributed by atoms with E-state index in [1.807, 2.05) is 0 Å². The van der Waals surface area contributed by atoms with Crippen molar-refractivity contribution in [1.82, 2.24) is 15.3 Å². The Bertz CT molecular complexity index is 389. The van der Waals surface area contributed by atoms with Crippen LogP contribution in [0.25, 0.3) is 0 Å². The third kappa shape index (κ3) is 4.43. The molecule has 94 valence electrons. The Kier molecular flexibility index (Phi) is 3.48. The van der Waals surface area contributed by atoms with Gasteiger partial charge in [-0.2, -0.15) is 0 Å². The Morgan fingerprint density at radius 3 is 2.59 bits per heavy atom. The van der Waals surface area contributed by atoms with Crippen LogP contribution < -0.4 is 5.32 Å². The van der Waals surface area contributed by atoms with Gasteiger partial charge in [-0.15, -0.1) is 0 Å². The molecule has 0 saturated heterocycles. The molecule has 0 bridgehead atoms. The van der Waals surface area contributed by atoms with E-state index in [0.717, 1.165) is 36.2 Å². The van der Waals surface area contributed by atoms with Crippen molar-refractivity contribution in [2.24, 2.45) is 5.41 Å². The number of aromatic nitrogens is 2. The fraction of sp³-hybridized carbons (Fsp3) is 0.714. The Hall–Kier alpha value is -0.960. The Labute approximate surface area is 104 Å². The summed E-state index contributed by atoms with van der Waals surface area (Å²) in [7, 11) is 0. The smallest absolute Gasteiger partial charge is 0.129 e. The van der Waals surface area contributed by atoms with Crippen LogP contribution in [0.15, 0.2) is 6.07 Å². The lowest BCUT2D eigenvalue weighted by Gasteiger charge is -2.17. The van der Waals surface area contributed by atoms with Gasteiger partial charge in [-0.3, -0.25) is 0 Å². The molecular formula is C14H23N3. The fourth-order valence-electron chi connectivity index (χ4n) is 1.88. The quantitative estimate of drug-likeness (QED) is 0.868. The first-order valence-corrected chi connectivity index (χ1v) is 6.49. The zero-order chi connectivity index (χ0) is 12.5. The summed E-state index contributed by atoms with van der Waals surface area (Å²) in [6.07, 6.45) is 3.57. The van der Waals surface area contributed by atoms with Crippen molar-refractivity contribution in [1.29, 1.82) is 0 Å². The highest BCUT2D eigenvalue weighted by molar-refractivity contribution is 5.11. The summed E-state index contributed by atoms with van der Waals surface area (Å²) < 4.78 is 0. The Balaban J connectivity index is 2.04. The van der Waals surface area contributed by atoms with Crippen molar-refractivity contribution in [3.05, 3.63) is 23.3 Å². The van der Waals surface area contributed by atoms with Crippen LogP contribution in [0.1, 0.15) is 50.8 Å². The summed E-state index contributed by atoms with van der Waals surface area (Å²) in [5.74, 6) is 0.977. The van der Waals surface area contributed by atoms with Gasteiger partial charge in [0.15, 0.2) is 0 Å². The van der Waals surface area contributed by atoms with Crippen molar-refractivity contribution < 1.29 is 0 Å². The molecule has 0 unspecified atom stereocenters. The van der Waals surface area contributed by atoms with Crippen LogP contribution in [0.4, 0.5) is 0 Å². The number of hydrogen-bond donors (Lipinski definition) is 1. The predicted octanol–water partition coefficient (Wildman–Crippen LogP) is 2.63.